The lowest BCUT2D eigenvalue weighted by molar-refractivity contribution is -0.140. The molecule has 1 aliphatic heterocycles. The first-order valence-corrected chi connectivity index (χ1v) is 12.1. The molecule has 2 heterocycles. The maximum absolute atomic E-state index is 13.1. The number of carbonyl (C=O) groups excluding carboxylic acids is 2. The van der Waals surface area contributed by atoms with Crippen LogP contribution in [-0.4, -0.2) is 41.0 Å². The molecule has 2 aromatic carbocycles. The fourth-order valence-corrected chi connectivity index (χ4v) is 4.26. The van der Waals surface area contributed by atoms with E-state index in [9.17, 15) is 14.7 Å². The van der Waals surface area contributed by atoms with Crippen LogP contribution in [0.5, 0.6) is 5.75 Å². The second-order valence-corrected chi connectivity index (χ2v) is 9.04. The highest BCUT2D eigenvalue weighted by Gasteiger charge is 2.47. The molecule has 0 saturated carbocycles. The zero-order chi connectivity index (χ0) is 25.7. The van der Waals surface area contributed by atoms with Crippen LogP contribution in [0, 0.1) is 6.92 Å². The fourth-order valence-electron chi connectivity index (χ4n) is 4.26. The number of nitrogens with zero attached hydrogens (tertiary/aromatic N) is 1. The molecule has 3 aromatic rings. The van der Waals surface area contributed by atoms with E-state index < -0.39 is 17.7 Å². The van der Waals surface area contributed by atoms with E-state index in [4.69, 9.17) is 13.9 Å². The number of hydrogen-bond donors (Lipinski definition) is 1. The Bertz CT molecular complexity index is 1230. The van der Waals surface area contributed by atoms with Gasteiger partial charge in [0, 0.05) is 18.7 Å². The van der Waals surface area contributed by atoms with Crippen LogP contribution in [0.3, 0.4) is 0 Å². The maximum Gasteiger partial charge on any atom is 0.295 e. The number of likely N-dealkylation sites (tertiary alicyclic amines) is 1. The minimum atomic E-state index is -0.812. The molecule has 7 nitrogen and oxygen atoms in total. The Labute approximate surface area is 210 Å². The topological polar surface area (TPSA) is 89.2 Å². The molecular weight excluding hydrogens is 458 g/mol. The van der Waals surface area contributed by atoms with Crippen LogP contribution in [0.15, 0.2) is 76.9 Å². The second-order valence-electron chi connectivity index (χ2n) is 9.04. The van der Waals surface area contributed by atoms with Gasteiger partial charge in [-0.2, -0.15) is 0 Å². The predicted molar refractivity (Wildman–Crippen MR) is 135 cm³/mol. The molecule has 1 unspecified atom stereocenters. The van der Waals surface area contributed by atoms with Gasteiger partial charge >= 0.3 is 0 Å². The van der Waals surface area contributed by atoms with E-state index in [1.54, 1.807) is 30.3 Å². The quantitative estimate of drug-likeness (QED) is 0.177. The van der Waals surface area contributed by atoms with Crippen molar-refractivity contribution in [2.24, 2.45) is 0 Å². The van der Waals surface area contributed by atoms with Crippen molar-refractivity contribution in [2.75, 3.05) is 13.2 Å². The molecule has 0 aliphatic carbocycles. The molecule has 1 atom stereocenters. The Morgan fingerprint density at radius 1 is 1.08 bits per heavy atom. The summed E-state index contributed by atoms with van der Waals surface area (Å²) in [6, 6.07) is 17.6. The summed E-state index contributed by atoms with van der Waals surface area (Å²) in [5, 5.41) is 11.2. The van der Waals surface area contributed by atoms with Crippen LogP contribution in [0.25, 0.3) is 5.76 Å². The van der Waals surface area contributed by atoms with Gasteiger partial charge in [0.15, 0.2) is 0 Å². The first-order valence-electron chi connectivity index (χ1n) is 12.1. The normalized spacial score (nSPS) is 17.2. The number of ketones is 1. The molecule has 1 saturated heterocycles. The van der Waals surface area contributed by atoms with Crippen molar-refractivity contribution in [1.29, 1.82) is 0 Å². The smallest absolute Gasteiger partial charge is 0.295 e. The molecular formula is C29H31NO6. The van der Waals surface area contributed by atoms with Crippen molar-refractivity contribution in [3.8, 4) is 5.75 Å². The minimum absolute atomic E-state index is 0.0112. The third-order valence-corrected chi connectivity index (χ3v) is 6.03. The molecule has 1 amide bonds. The van der Waals surface area contributed by atoms with Crippen LogP contribution in [-0.2, 0) is 20.9 Å². The van der Waals surface area contributed by atoms with Gasteiger partial charge in [-0.25, -0.2) is 0 Å². The van der Waals surface area contributed by atoms with E-state index in [2.05, 4.69) is 0 Å². The van der Waals surface area contributed by atoms with Gasteiger partial charge in [-0.05, 0) is 68.7 Å². The summed E-state index contributed by atoms with van der Waals surface area (Å²) in [5.74, 6) is -0.556. The number of rotatable bonds is 10. The number of benzene rings is 2. The third-order valence-electron chi connectivity index (χ3n) is 6.03. The first-order chi connectivity index (χ1) is 17.4. The zero-order valence-corrected chi connectivity index (χ0v) is 20.8. The average Bonchev–Trinajstić information content (AvgIpc) is 3.48. The number of amides is 1. The van der Waals surface area contributed by atoms with E-state index in [1.165, 1.54) is 11.2 Å². The number of ether oxygens (including phenoxy) is 2. The number of Topliss-reactive ketones (excluding diaryl/α,β-unsaturated/α-hetero) is 1. The zero-order valence-electron chi connectivity index (χ0n) is 20.8. The van der Waals surface area contributed by atoms with Crippen molar-refractivity contribution in [1.82, 2.24) is 4.90 Å². The summed E-state index contributed by atoms with van der Waals surface area (Å²) in [6.45, 7) is 6.91. The van der Waals surface area contributed by atoms with Gasteiger partial charge in [-0.1, -0.05) is 30.3 Å². The van der Waals surface area contributed by atoms with Gasteiger partial charge in [-0.15, -0.1) is 0 Å². The van der Waals surface area contributed by atoms with Crippen LogP contribution in [0.4, 0.5) is 0 Å². The van der Waals surface area contributed by atoms with Gasteiger partial charge < -0.3 is 23.9 Å². The van der Waals surface area contributed by atoms with Crippen molar-refractivity contribution in [3.05, 3.63) is 95.0 Å². The van der Waals surface area contributed by atoms with Crippen LogP contribution < -0.4 is 4.74 Å². The molecule has 1 aliphatic rings. The number of carbonyl (C=O) groups is 2. The second kappa shape index (κ2) is 11.3. The van der Waals surface area contributed by atoms with Gasteiger partial charge in [0.2, 0.25) is 0 Å². The van der Waals surface area contributed by atoms with Gasteiger partial charge in [0.05, 0.1) is 17.9 Å². The molecule has 1 aromatic heterocycles. The van der Waals surface area contributed by atoms with Gasteiger partial charge in [0.25, 0.3) is 11.7 Å². The van der Waals surface area contributed by atoms with E-state index >= 15 is 0 Å². The molecule has 1 N–H and O–H groups in total. The lowest BCUT2D eigenvalue weighted by Gasteiger charge is -2.23. The Balaban J connectivity index is 1.60. The Morgan fingerprint density at radius 2 is 1.86 bits per heavy atom. The highest BCUT2D eigenvalue weighted by Crippen LogP contribution is 2.40. The number of aliphatic hydroxyl groups is 1. The fraction of sp³-hybridized carbons (Fsp3) is 0.310. The maximum atomic E-state index is 13.1. The molecule has 4 rings (SSSR count). The Morgan fingerprint density at radius 3 is 2.53 bits per heavy atom. The van der Waals surface area contributed by atoms with Crippen molar-refractivity contribution >= 4 is 17.4 Å². The number of aryl methyl sites for hydroxylation is 1. The summed E-state index contributed by atoms with van der Waals surface area (Å²) in [5.41, 5.74) is 2.28. The van der Waals surface area contributed by atoms with Crippen molar-refractivity contribution < 1.29 is 28.6 Å². The highest BCUT2D eigenvalue weighted by molar-refractivity contribution is 6.46. The summed E-state index contributed by atoms with van der Waals surface area (Å²) in [7, 11) is 0. The number of hydrogen-bond acceptors (Lipinski definition) is 6. The van der Waals surface area contributed by atoms with Crippen LogP contribution in [0.2, 0.25) is 0 Å². The lowest BCUT2D eigenvalue weighted by atomic mass is 9.98. The van der Waals surface area contributed by atoms with Gasteiger partial charge in [0.1, 0.15) is 29.9 Å². The molecule has 0 spiro atoms. The summed E-state index contributed by atoms with van der Waals surface area (Å²) in [6.07, 6.45) is 2.11. The first kappa shape index (κ1) is 25.3. The lowest BCUT2D eigenvalue weighted by Crippen LogP contribution is -2.31. The standard InChI is InChI=1S/C29H31NO6/c1-19(2)34-16-8-14-30-26(24-11-7-15-35-24)25(28(32)29(30)33)27(31)22-12-13-23(20(3)17-22)36-18-21-9-5-4-6-10-21/h4-7,9-13,15,17,19,26,31H,8,14,16,18H2,1-3H3/b27-25-. The number of furan rings is 1. The largest absolute Gasteiger partial charge is 0.507 e. The average molecular weight is 490 g/mol. The summed E-state index contributed by atoms with van der Waals surface area (Å²) < 4.78 is 17.1. The van der Waals surface area contributed by atoms with Crippen molar-refractivity contribution in [3.63, 3.8) is 0 Å². The SMILES string of the molecule is Cc1cc(/C(O)=C2/C(=O)C(=O)N(CCCOC(C)C)C2c2ccco2)ccc1OCc1ccccc1. The summed E-state index contributed by atoms with van der Waals surface area (Å²) >= 11 is 0. The van der Waals surface area contributed by atoms with E-state index in [1.807, 2.05) is 51.1 Å². The summed E-state index contributed by atoms with van der Waals surface area (Å²) in [4.78, 5) is 27.5. The molecule has 7 heteroatoms. The predicted octanol–water partition coefficient (Wildman–Crippen LogP) is 5.40. The molecule has 0 radical (unpaired) electrons. The molecule has 1 fully saturated rings. The minimum Gasteiger partial charge on any atom is -0.507 e. The third kappa shape index (κ3) is 5.52. The van der Waals surface area contributed by atoms with Gasteiger partial charge in [-0.3, -0.25) is 9.59 Å². The molecule has 36 heavy (non-hydrogen) atoms. The van der Waals surface area contributed by atoms with E-state index in [-0.39, 0.29) is 17.4 Å². The molecule has 0 bridgehead atoms. The van der Waals surface area contributed by atoms with Crippen LogP contribution >= 0.6 is 0 Å². The number of aliphatic hydroxyl groups excluding tert-OH is 1. The monoisotopic (exact) mass is 489 g/mol. The Hall–Kier alpha value is -3.84. The molecule has 188 valence electrons. The van der Waals surface area contributed by atoms with E-state index in [0.717, 1.165) is 11.1 Å². The van der Waals surface area contributed by atoms with E-state index in [0.29, 0.717) is 43.3 Å². The Kier molecular flexibility index (Phi) is 7.90. The van der Waals surface area contributed by atoms with Crippen LogP contribution in [0.1, 0.15) is 48.8 Å². The highest BCUT2D eigenvalue weighted by atomic mass is 16.5. The van der Waals surface area contributed by atoms with Crippen molar-refractivity contribution in [2.45, 2.75) is 45.9 Å².